The predicted molar refractivity (Wildman–Crippen MR) is 109 cm³/mol. The van der Waals surface area contributed by atoms with Gasteiger partial charge in [0.25, 0.3) is 5.56 Å². The third kappa shape index (κ3) is 3.88. The van der Waals surface area contributed by atoms with Gasteiger partial charge in [0.2, 0.25) is 11.0 Å². The second-order valence-corrected chi connectivity index (χ2v) is 7.97. The molecule has 0 spiro atoms. The van der Waals surface area contributed by atoms with Crippen LogP contribution < -0.4 is 10.9 Å². The van der Waals surface area contributed by atoms with Gasteiger partial charge >= 0.3 is 0 Å². The zero-order chi connectivity index (χ0) is 19.7. The molecule has 0 aliphatic carbocycles. The van der Waals surface area contributed by atoms with Crippen LogP contribution in [0.3, 0.4) is 0 Å². The van der Waals surface area contributed by atoms with Crippen molar-refractivity contribution in [1.29, 1.82) is 0 Å². The summed E-state index contributed by atoms with van der Waals surface area (Å²) in [5, 5.41) is 6.65. The van der Waals surface area contributed by atoms with E-state index in [4.69, 9.17) is 0 Å². The Bertz CT molecular complexity index is 1040. The molecule has 0 radical (unpaired) electrons. The molecule has 0 aliphatic heterocycles. The number of rotatable bonds is 5. The number of anilines is 1. The molecule has 2 aromatic heterocycles. The van der Waals surface area contributed by atoms with Gasteiger partial charge in [-0.15, -0.1) is 0 Å². The van der Waals surface area contributed by atoms with Crippen LogP contribution in [-0.4, -0.2) is 20.7 Å². The third-order valence-corrected chi connectivity index (χ3v) is 5.94. The van der Waals surface area contributed by atoms with Crippen molar-refractivity contribution in [2.24, 2.45) is 0 Å². The highest BCUT2D eigenvalue weighted by atomic mass is 32.1. The molecule has 0 saturated heterocycles. The lowest BCUT2D eigenvalue weighted by molar-refractivity contribution is -0.116. The number of amides is 1. The largest absolute Gasteiger partial charge is 0.326 e. The third-order valence-electron chi connectivity index (χ3n) is 4.88. The second-order valence-electron chi connectivity index (χ2n) is 6.79. The fourth-order valence-electron chi connectivity index (χ4n) is 2.90. The Morgan fingerprint density at radius 1 is 1.22 bits per heavy atom. The second kappa shape index (κ2) is 7.52. The number of aromatic nitrogens is 3. The molecule has 0 aliphatic rings. The van der Waals surface area contributed by atoms with Gasteiger partial charge in [-0.25, -0.2) is 4.98 Å². The first kappa shape index (κ1) is 19.1. The van der Waals surface area contributed by atoms with E-state index in [0.717, 1.165) is 33.1 Å². The lowest BCUT2D eigenvalue weighted by atomic mass is 10.1. The normalized spacial score (nSPS) is 11.0. The van der Waals surface area contributed by atoms with E-state index >= 15 is 0 Å². The molecule has 2 heterocycles. The molecule has 142 valence electrons. The standard InChI is InChI=1S/C20H24N4O2S/c1-11-7-6-8-17(12(11)2)22-18(25)10-9-16-14(4)23-24(19(16)26)20-21-13(3)15(5)27-20/h6-8,23H,9-10H2,1-5H3,(H,22,25). The minimum atomic E-state index is -0.138. The number of carbonyl (C=O) groups excluding carboxylic acids is 1. The number of nitrogens with one attached hydrogen (secondary N) is 2. The Morgan fingerprint density at radius 2 is 1.96 bits per heavy atom. The van der Waals surface area contributed by atoms with E-state index in [1.54, 1.807) is 0 Å². The van der Waals surface area contributed by atoms with Gasteiger partial charge in [0, 0.05) is 28.2 Å². The highest BCUT2D eigenvalue weighted by Gasteiger charge is 2.17. The molecule has 1 aromatic carbocycles. The lowest BCUT2D eigenvalue weighted by Gasteiger charge is -2.10. The van der Waals surface area contributed by atoms with Gasteiger partial charge in [0.1, 0.15) is 0 Å². The molecular formula is C20H24N4O2S. The van der Waals surface area contributed by atoms with Crippen LogP contribution in [0.15, 0.2) is 23.0 Å². The lowest BCUT2D eigenvalue weighted by Crippen LogP contribution is -2.19. The van der Waals surface area contributed by atoms with E-state index in [0.29, 0.717) is 17.1 Å². The summed E-state index contributed by atoms with van der Waals surface area (Å²) in [5.41, 5.74) is 5.18. The van der Waals surface area contributed by atoms with Crippen molar-refractivity contribution in [2.75, 3.05) is 5.32 Å². The summed E-state index contributed by atoms with van der Waals surface area (Å²) in [6.45, 7) is 9.75. The number of aryl methyl sites for hydroxylation is 4. The van der Waals surface area contributed by atoms with Crippen LogP contribution in [0.2, 0.25) is 0 Å². The van der Waals surface area contributed by atoms with Gasteiger partial charge in [0.15, 0.2) is 0 Å². The zero-order valence-corrected chi connectivity index (χ0v) is 17.1. The summed E-state index contributed by atoms with van der Waals surface area (Å²) in [5.74, 6) is -0.101. The summed E-state index contributed by atoms with van der Waals surface area (Å²) in [6.07, 6.45) is 0.630. The quantitative estimate of drug-likeness (QED) is 0.703. The maximum Gasteiger partial charge on any atom is 0.276 e. The van der Waals surface area contributed by atoms with Crippen LogP contribution in [0.5, 0.6) is 0 Å². The van der Waals surface area contributed by atoms with E-state index < -0.39 is 0 Å². The van der Waals surface area contributed by atoms with E-state index in [-0.39, 0.29) is 17.9 Å². The minimum Gasteiger partial charge on any atom is -0.326 e. The van der Waals surface area contributed by atoms with Crippen LogP contribution in [0.4, 0.5) is 5.69 Å². The molecule has 0 atom stereocenters. The number of H-pyrrole nitrogens is 1. The number of benzene rings is 1. The number of nitrogens with zero attached hydrogens (tertiary/aromatic N) is 2. The number of carbonyl (C=O) groups is 1. The first-order valence-corrected chi connectivity index (χ1v) is 9.70. The van der Waals surface area contributed by atoms with E-state index in [9.17, 15) is 9.59 Å². The first-order valence-electron chi connectivity index (χ1n) is 8.89. The first-order chi connectivity index (χ1) is 12.8. The Morgan fingerprint density at radius 3 is 2.63 bits per heavy atom. The SMILES string of the molecule is Cc1cccc(NC(=O)CCc2c(C)[nH]n(-c3nc(C)c(C)s3)c2=O)c1C. The molecular weight excluding hydrogens is 360 g/mol. The number of thiazole rings is 1. The van der Waals surface area contributed by atoms with E-state index in [1.807, 2.05) is 52.8 Å². The van der Waals surface area contributed by atoms with Crippen molar-refractivity contribution in [3.63, 3.8) is 0 Å². The van der Waals surface area contributed by atoms with Crippen LogP contribution in [-0.2, 0) is 11.2 Å². The molecule has 3 aromatic rings. The van der Waals surface area contributed by atoms with Crippen LogP contribution in [0, 0.1) is 34.6 Å². The topological polar surface area (TPSA) is 79.8 Å². The minimum absolute atomic E-state index is 0.101. The summed E-state index contributed by atoms with van der Waals surface area (Å²) < 4.78 is 1.47. The number of hydrogen-bond acceptors (Lipinski definition) is 4. The van der Waals surface area contributed by atoms with Gasteiger partial charge in [-0.1, -0.05) is 23.5 Å². The van der Waals surface area contributed by atoms with E-state index in [2.05, 4.69) is 15.4 Å². The maximum atomic E-state index is 12.7. The van der Waals surface area contributed by atoms with Crippen LogP contribution in [0.25, 0.3) is 5.13 Å². The van der Waals surface area contributed by atoms with Crippen molar-refractivity contribution in [2.45, 2.75) is 47.5 Å². The Labute approximate surface area is 162 Å². The fourth-order valence-corrected chi connectivity index (χ4v) is 3.77. The Kier molecular flexibility index (Phi) is 5.32. The summed E-state index contributed by atoms with van der Waals surface area (Å²) in [6, 6.07) is 5.82. The van der Waals surface area contributed by atoms with E-state index in [1.165, 1.54) is 16.0 Å². The Hall–Kier alpha value is -2.67. The molecule has 0 fully saturated rings. The average Bonchev–Trinajstić information content (AvgIpc) is 3.09. The van der Waals surface area contributed by atoms with Gasteiger partial charge in [-0.05, 0) is 58.2 Å². The van der Waals surface area contributed by atoms with Crippen molar-refractivity contribution < 1.29 is 4.79 Å². The molecule has 7 heteroatoms. The van der Waals surface area contributed by atoms with Gasteiger partial charge in [-0.3, -0.25) is 14.7 Å². The van der Waals surface area contributed by atoms with Gasteiger partial charge in [-0.2, -0.15) is 4.68 Å². The van der Waals surface area contributed by atoms with Crippen LogP contribution >= 0.6 is 11.3 Å². The number of hydrogen-bond donors (Lipinski definition) is 2. The van der Waals surface area contributed by atoms with Gasteiger partial charge < -0.3 is 5.32 Å². The van der Waals surface area contributed by atoms with Crippen LogP contribution in [0.1, 0.15) is 39.4 Å². The zero-order valence-electron chi connectivity index (χ0n) is 16.3. The monoisotopic (exact) mass is 384 g/mol. The molecule has 1 amide bonds. The van der Waals surface area contributed by atoms with Crippen molar-refractivity contribution in [1.82, 2.24) is 14.8 Å². The highest BCUT2D eigenvalue weighted by Crippen LogP contribution is 2.20. The summed E-state index contributed by atoms with van der Waals surface area (Å²) in [7, 11) is 0. The van der Waals surface area contributed by atoms with Crippen molar-refractivity contribution in [3.05, 3.63) is 61.5 Å². The van der Waals surface area contributed by atoms with Crippen molar-refractivity contribution in [3.8, 4) is 5.13 Å². The molecule has 0 unspecified atom stereocenters. The molecule has 27 heavy (non-hydrogen) atoms. The average molecular weight is 385 g/mol. The van der Waals surface area contributed by atoms with Crippen molar-refractivity contribution >= 4 is 22.9 Å². The molecule has 2 N–H and O–H groups in total. The predicted octanol–water partition coefficient (Wildman–Crippen LogP) is 3.74. The molecule has 0 bridgehead atoms. The molecule has 6 nitrogen and oxygen atoms in total. The highest BCUT2D eigenvalue weighted by molar-refractivity contribution is 7.14. The summed E-state index contributed by atoms with van der Waals surface area (Å²) in [4.78, 5) is 30.6. The Balaban J connectivity index is 1.74. The maximum absolute atomic E-state index is 12.7. The molecule has 0 saturated carbocycles. The fraction of sp³-hybridized carbons (Fsp3) is 0.350. The molecule has 3 rings (SSSR count). The number of aromatic amines is 1. The summed E-state index contributed by atoms with van der Waals surface area (Å²) >= 11 is 1.47. The smallest absolute Gasteiger partial charge is 0.276 e. The van der Waals surface area contributed by atoms with Gasteiger partial charge in [0.05, 0.1) is 5.69 Å².